The molecular weight excluding hydrogens is 626 g/mol. The molecular formula is C30H26ClF4N3O5S. The Labute approximate surface area is 258 Å². The molecule has 2 aromatic carbocycles. The third kappa shape index (κ3) is 5.34. The van der Waals surface area contributed by atoms with E-state index in [-0.39, 0.29) is 5.75 Å². The van der Waals surface area contributed by atoms with Gasteiger partial charge in [0.2, 0.25) is 11.2 Å². The molecule has 0 saturated carbocycles. The van der Waals surface area contributed by atoms with Crippen molar-refractivity contribution in [2.45, 2.75) is 48.7 Å². The van der Waals surface area contributed by atoms with Gasteiger partial charge in [-0.2, -0.15) is 13.2 Å². The van der Waals surface area contributed by atoms with Crippen LogP contribution in [0, 0.1) is 11.7 Å². The SMILES string of the molecule is C[C@@H](N1CN([C@H]2c3cccc(F)c3CSc3c(Cl)cccc32)n2ccc(=O)c(OC(=O)C3CCOCC3)c2C1=O)C(F)(F)F. The average Bonchev–Trinajstić information content (AvgIpc) is 3.17. The van der Waals surface area contributed by atoms with Crippen molar-refractivity contribution < 1.29 is 36.6 Å². The van der Waals surface area contributed by atoms with Crippen LogP contribution in [0.1, 0.15) is 53.0 Å². The van der Waals surface area contributed by atoms with E-state index in [1.807, 2.05) is 0 Å². The maximum atomic E-state index is 15.3. The minimum atomic E-state index is -4.83. The highest BCUT2D eigenvalue weighted by atomic mass is 35.5. The van der Waals surface area contributed by atoms with E-state index in [9.17, 15) is 27.6 Å². The number of carbonyl (C=O) groups excluding carboxylic acids is 2. The number of pyridine rings is 1. The Hall–Kier alpha value is -3.55. The Bertz CT molecular complexity index is 1640. The van der Waals surface area contributed by atoms with E-state index in [0.717, 1.165) is 13.0 Å². The van der Waals surface area contributed by atoms with Crippen molar-refractivity contribution in [3.05, 3.63) is 92.1 Å². The number of alkyl halides is 3. The first kappa shape index (κ1) is 30.5. The van der Waals surface area contributed by atoms with Crippen LogP contribution in [0.4, 0.5) is 17.6 Å². The molecule has 1 aromatic heterocycles. The summed E-state index contributed by atoms with van der Waals surface area (Å²) >= 11 is 7.87. The highest BCUT2D eigenvalue weighted by Gasteiger charge is 2.48. The molecule has 232 valence electrons. The highest BCUT2D eigenvalue weighted by molar-refractivity contribution is 7.98. The summed E-state index contributed by atoms with van der Waals surface area (Å²) in [4.78, 5) is 41.3. The van der Waals surface area contributed by atoms with Crippen LogP contribution in [-0.4, -0.2) is 53.6 Å². The number of benzene rings is 2. The number of fused-ring (bicyclic) bond motifs is 3. The first-order valence-corrected chi connectivity index (χ1v) is 15.2. The lowest BCUT2D eigenvalue weighted by atomic mass is 9.94. The van der Waals surface area contributed by atoms with Crippen LogP contribution >= 0.6 is 23.4 Å². The summed E-state index contributed by atoms with van der Waals surface area (Å²) in [6.45, 7) is 0.835. The third-order valence-corrected chi connectivity index (χ3v) is 9.78. The van der Waals surface area contributed by atoms with E-state index < -0.39 is 65.4 Å². The first-order chi connectivity index (χ1) is 21.0. The predicted molar refractivity (Wildman–Crippen MR) is 154 cm³/mol. The van der Waals surface area contributed by atoms with E-state index in [4.69, 9.17) is 21.1 Å². The van der Waals surface area contributed by atoms with E-state index in [0.29, 0.717) is 57.6 Å². The number of esters is 1. The van der Waals surface area contributed by atoms with Gasteiger partial charge in [-0.25, -0.2) is 4.39 Å². The molecule has 8 nitrogen and oxygen atoms in total. The summed E-state index contributed by atoms with van der Waals surface area (Å²) < 4.78 is 69.9. The van der Waals surface area contributed by atoms with E-state index in [1.165, 1.54) is 39.8 Å². The lowest BCUT2D eigenvalue weighted by Crippen LogP contribution is -2.60. The Morgan fingerprint density at radius 2 is 1.80 bits per heavy atom. The molecule has 0 bridgehead atoms. The van der Waals surface area contributed by atoms with Gasteiger partial charge in [-0.05, 0) is 43.0 Å². The minimum Gasteiger partial charge on any atom is -0.420 e. The molecule has 1 fully saturated rings. The van der Waals surface area contributed by atoms with Gasteiger partial charge < -0.3 is 14.4 Å². The number of halogens is 5. The summed E-state index contributed by atoms with van der Waals surface area (Å²) in [6.07, 6.45) is -2.93. The molecule has 14 heteroatoms. The number of rotatable bonds is 4. The van der Waals surface area contributed by atoms with Crippen LogP contribution in [-0.2, 0) is 15.3 Å². The Morgan fingerprint density at radius 1 is 1.09 bits per heavy atom. The van der Waals surface area contributed by atoms with Gasteiger partial charge in [0.15, 0.2) is 5.69 Å². The van der Waals surface area contributed by atoms with Crippen molar-refractivity contribution in [1.29, 1.82) is 0 Å². The van der Waals surface area contributed by atoms with Crippen molar-refractivity contribution >= 4 is 35.2 Å². The Balaban J connectivity index is 1.57. The van der Waals surface area contributed by atoms with Crippen molar-refractivity contribution in [1.82, 2.24) is 9.58 Å². The zero-order valence-corrected chi connectivity index (χ0v) is 24.8. The summed E-state index contributed by atoms with van der Waals surface area (Å²) in [5.41, 5.74) is -0.0728. The quantitative estimate of drug-likeness (QED) is 0.266. The Kier molecular flexibility index (Phi) is 8.14. The monoisotopic (exact) mass is 651 g/mol. The zero-order chi connectivity index (χ0) is 31.3. The van der Waals surface area contributed by atoms with Gasteiger partial charge in [0.1, 0.15) is 18.5 Å². The molecule has 6 rings (SSSR count). The molecule has 0 radical (unpaired) electrons. The second-order valence-corrected chi connectivity index (χ2v) is 12.1. The number of carbonyl (C=O) groups is 2. The standard InChI is InChI=1S/C30H26ClF4N3O5S/c1-16(30(33,34)35)36-15-38(24-18-4-3-7-22(32)20(18)14-44-27-19(24)5-2-6-21(27)31)37-11-8-23(39)26(25(37)28(36)40)43-29(41)17-9-12-42-13-10-17/h2-8,11,16-17,24H,9-10,12-15H2,1H3/t16-,24+/m1/s1. The van der Waals surface area contributed by atoms with Gasteiger partial charge in [-0.3, -0.25) is 24.1 Å². The van der Waals surface area contributed by atoms with E-state index in [1.54, 1.807) is 24.3 Å². The number of ether oxygens (including phenoxy) is 2. The zero-order valence-electron chi connectivity index (χ0n) is 23.3. The molecule has 0 unspecified atom stereocenters. The van der Waals surface area contributed by atoms with Crippen LogP contribution in [0.2, 0.25) is 5.02 Å². The normalized spacial score (nSPS) is 19.5. The second kappa shape index (κ2) is 11.8. The Morgan fingerprint density at radius 3 is 2.52 bits per heavy atom. The summed E-state index contributed by atoms with van der Waals surface area (Å²) in [7, 11) is 0. The third-order valence-electron chi connectivity index (χ3n) is 8.17. The number of hydrogen-bond acceptors (Lipinski definition) is 7. The fourth-order valence-electron chi connectivity index (χ4n) is 5.75. The van der Waals surface area contributed by atoms with Gasteiger partial charge >= 0.3 is 12.1 Å². The lowest BCUT2D eigenvalue weighted by Gasteiger charge is -2.46. The molecule has 3 aliphatic rings. The molecule has 44 heavy (non-hydrogen) atoms. The largest absolute Gasteiger partial charge is 0.420 e. The predicted octanol–water partition coefficient (Wildman–Crippen LogP) is 5.67. The molecule has 1 saturated heterocycles. The van der Waals surface area contributed by atoms with Gasteiger partial charge in [0.05, 0.1) is 17.0 Å². The maximum Gasteiger partial charge on any atom is 0.408 e. The van der Waals surface area contributed by atoms with Gasteiger partial charge in [-0.15, -0.1) is 11.8 Å². The van der Waals surface area contributed by atoms with Crippen molar-refractivity contribution in [2.75, 3.05) is 24.9 Å². The topological polar surface area (TPSA) is 81.1 Å². The molecule has 3 aliphatic heterocycles. The molecule has 3 aromatic rings. The fraction of sp³-hybridized carbons (Fsp3) is 0.367. The summed E-state index contributed by atoms with van der Waals surface area (Å²) in [5, 5.41) is 1.80. The number of nitrogens with zero attached hydrogens (tertiary/aromatic N) is 3. The fourth-order valence-corrected chi connectivity index (χ4v) is 7.24. The van der Waals surface area contributed by atoms with Gasteiger partial charge in [0.25, 0.3) is 5.91 Å². The van der Waals surface area contributed by atoms with E-state index in [2.05, 4.69) is 0 Å². The molecule has 0 spiro atoms. The highest BCUT2D eigenvalue weighted by Crippen LogP contribution is 2.46. The van der Waals surface area contributed by atoms with Crippen LogP contribution in [0.15, 0.2) is 58.4 Å². The van der Waals surface area contributed by atoms with Crippen molar-refractivity contribution in [3.63, 3.8) is 0 Å². The second-order valence-electron chi connectivity index (χ2n) is 10.7. The molecule has 0 aliphatic carbocycles. The smallest absolute Gasteiger partial charge is 0.408 e. The van der Waals surface area contributed by atoms with Gasteiger partial charge in [-0.1, -0.05) is 35.9 Å². The van der Waals surface area contributed by atoms with Crippen molar-refractivity contribution in [2.24, 2.45) is 5.92 Å². The summed E-state index contributed by atoms with van der Waals surface area (Å²) in [6, 6.07) is 7.38. The van der Waals surface area contributed by atoms with Crippen LogP contribution in [0.25, 0.3) is 0 Å². The minimum absolute atomic E-state index is 0.190. The molecule has 4 heterocycles. The molecule has 1 amide bonds. The maximum absolute atomic E-state index is 15.3. The van der Waals surface area contributed by atoms with Crippen LogP contribution < -0.4 is 15.2 Å². The van der Waals surface area contributed by atoms with E-state index >= 15 is 4.39 Å². The first-order valence-electron chi connectivity index (χ1n) is 13.9. The summed E-state index contributed by atoms with van der Waals surface area (Å²) in [5.74, 6) is -3.54. The lowest BCUT2D eigenvalue weighted by molar-refractivity contribution is -0.173. The number of hydrogen-bond donors (Lipinski definition) is 0. The number of aromatic nitrogens is 1. The molecule has 2 atom stereocenters. The van der Waals surface area contributed by atoms with Crippen LogP contribution in [0.5, 0.6) is 5.75 Å². The average molecular weight is 652 g/mol. The molecule has 0 N–H and O–H groups in total. The number of thioether (sulfide) groups is 1. The van der Waals surface area contributed by atoms with Crippen molar-refractivity contribution in [3.8, 4) is 5.75 Å². The van der Waals surface area contributed by atoms with Gasteiger partial charge in [0, 0.05) is 41.7 Å². The number of amides is 1. The van der Waals surface area contributed by atoms with Crippen LogP contribution in [0.3, 0.4) is 0 Å².